The molecule has 2 heterocycles. The molecule has 0 radical (unpaired) electrons. The molecule has 0 bridgehead atoms. The highest BCUT2D eigenvalue weighted by atomic mass is 32.1. The molecular weight excluding hydrogens is 296 g/mol. The number of aryl methyl sites for hydroxylation is 1. The van der Waals surface area contributed by atoms with E-state index < -0.39 is 0 Å². The Morgan fingerprint density at radius 2 is 2.05 bits per heavy atom. The van der Waals surface area contributed by atoms with Crippen molar-refractivity contribution in [3.63, 3.8) is 0 Å². The van der Waals surface area contributed by atoms with Gasteiger partial charge in [-0.05, 0) is 25.1 Å². The van der Waals surface area contributed by atoms with Crippen LogP contribution in [-0.2, 0) is 4.79 Å². The van der Waals surface area contributed by atoms with Crippen LogP contribution in [0.15, 0.2) is 42.7 Å². The van der Waals surface area contributed by atoms with Crippen molar-refractivity contribution in [2.75, 3.05) is 23.8 Å². The van der Waals surface area contributed by atoms with Crippen molar-refractivity contribution in [2.24, 2.45) is 0 Å². The zero-order valence-corrected chi connectivity index (χ0v) is 13.2. The van der Waals surface area contributed by atoms with Crippen molar-refractivity contribution < 1.29 is 4.79 Å². The van der Waals surface area contributed by atoms with Crippen LogP contribution in [-0.4, -0.2) is 29.5 Å². The summed E-state index contributed by atoms with van der Waals surface area (Å²) in [4.78, 5) is 24.5. The van der Waals surface area contributed by atoms with E-state index in [9.17, 15) is 4.79 Å². The summed E-state index contributed by atoms with van der Waals surface area (Å²) in [6, 6.07) is 11.6. The van der Waals surface area contributed by atoms with Crippen molar-refractivity contribution in [3.05, 3.63) is 47.6 Å². The fourth-order valence-corrected chi connectivity index (χ4v) is 3.04. The van der Waals surface area contributed by atoms with E-state index >= 15 is 0 Å². The van der Waals surface area contributed by atoms with E-state index in [-0.39, 0.29) is 12.5 Å². The van der Waals surface area contributed by atoms with Crippen LogP contribution in [0.3, 0.4) is 0 Å². The summed E-state index contributed by atoms with van der Waals surface area (Å²) in [6.07, 6.45) is 1.52. The lowest BCUT2D eigenvalue weighted by Gasteiger charge is -2.17. The van der Waals surface area contributed by atoms with Crippen LogP contribution in [0.5, 0.6) is 0 Å². The lowest BCUT2D eigenvalue weighted by Crippen LogP contribution is -2.32. The molecule has 0 saturated carbocycles. The first-order valence-electron chi connectivity index (χ1n) is 6.92. The highest BCUT2D eigenvalue weighted by Crippen LogP contribution is 2.27. The molecule has 0 aliphatic heterocycles. The monoisotopic (exact) mass is 312 g/mol. The lowest BCUT2D eigenvalue weighted by molar-refractivity contribution is -0.116. The first-order chi connectivity index (χ1) is 10.6. The Labute approximate surface area is 132 Å². The largest absolute Gasteiger partial charge is 0.360 e. The van der Waals surface area contributed by atoms with Crippen molar-refractivity contribution in [1.29, 1.82) is 0 Å². The van der Waals surface area contributed by atoms with Crippen molar-refractivity contribution >= 4 is 39.0 Å². The molecule has 22 heavy (non-hydrogen) atoms. The molecule has 3 aromatic rings. The number of fused-ring (bicyclic) bond motifs is 1. The fraction of sp³-hybridized carbons (Fsp3) is 0.188. The van der Waals surface area contributed by atoms with Crippen molar-refractivity contribution in [2.45, 2.75) is 6.92 Å². The Bertz CT molecular complexity index is 800. The Kier molecular flexibility index (Phi) is 4.02. The third-order valence-corrected chi connectivity index (χ3v) is 4.34. The number of hydrogen-bond acceptors (Lipinski definition) is 5. The molecule has 3 rings (SSSR count). The zero-order valence-electron chi connectivity index (χ0n) is 12.4. The number of hydrogen-bond donors (Lipinski definition) is 1. The summed E-state index contributed by atoms with van der Waals surface area (Å²) in [7, 11) is 1.77. The average molecular weight is 312 g/mol. The SMILES string of the molecule is Cc1cc2c(NCC(=O)N(C)c3ccccc3)ncnc2s1. The number of thiophene rings is 1. The van der Waals surface area contributed by atoms with Gasteiger partial charge in [-0.3, -0.25) is 4.79 Å². The molecule has 0 atom stereocenters. The van der Waals surface area contributed by atoms with Gasteiger partial charge in [0.15, 0.2) is 0 Å². The molecule has 6 heteroatoms. The third kappa shape index (κ3) is 2.92. The van der Waals surface area contributed by atoms with Gasteiger partial charge < -0.3 is 10.2 Å². The summed E-state index contributed by atoms with van der Waals surface area (Å²) in [6.45, 7) is 2.22. The summed E-state index contributed by atoms with van der Waals surface area (Å²) in [5.74, 6) is 0.675. The van der Waals surface area contributed by atoms with Gasteiger partial charge in [0.2, 0.25) is 5.91 Å². The molecule has 1 aromatic carbocycles. The smallest absolute Gasteiger partial charge is 0.246 e. The first-order valence-corrected chi connectivity index (χ1v) is 7.73. The van der Waals surface area contributed by atoms with Gasteiger partial charge in [-0.1, -0.05) is 18.2 Å². The van der Waals surface area contributed by atoms with Gasteiger partial charge in [0.1, 0.15) is 17.0 Å². The number of likely N-dealkylation sites (N-methyl/N-ethyl adjacent to an activating group) is 1. The number of para-hydroxylation sites is 1. The number of carbonyl (C=O) groups is 1. The number of aromatic nitrogens is 2. The van der Waals surface area contributed by atoms with Gasteiger partial charge in [0, 0.05) is 17.6 Å². The van der Waals surface area contributed by atoms with E-state index in [1.165, 1.54) is 11.2 Å². The van der Waals surface area contributed by atoms with Crippen LogP contribution in [0.1, 0.15) is 4.88 Å². The van der Waals surface area contributed by atoms with E-state index in [2.05, 4.69) is 15.3 Å². The van der Waals surface area contributed by atoms with E-state index in [1.807, 2.05) is 43.3 Å². The van der Waals surface area contributed by atoms with Crippen LogP contribution < -0.4 is 10.2 Å². The van der Waals surface area contributed by atoms with Crippen molar-refractivity contribution in [3.8, 4) is 0 Å². The second-order valence-corrected chi connectivity index (χ2v) is 6.17. The Morgan fingerprint density at radius 1 is 1.27 bits per heavy atom. The summed E-state index contributed by atoms with van der Waals surface area (Å²) in [5, 5.41) is 4.07. The maximum absolute atomic E-state index is 12.3. The highest BCUT2D eigenvalue weighted by Gasteiger charge is 2.12. The van der Waals surface area contributed by atoms with Crippen LogP contribution in [0.25, 0.3) is 10.2 Å². The number of rotatable bonds is 4. The molecule has 0 fully saturated rings. The van der Waals surface area contributed by atoms with Gasteiger partial charge in [0.25, 0.3) is 0 Å². The minimum absolute atomic E-state index is 0.0232. The maximum atomic E-state index is 12.3. The van der Waals surface area contributed by atoms with Gasteiger partial charge in [0.05, 0.1) is 11.9 Å². The standard InChI is InChI=1S/C16H16N4OS/c1-11-8-13-15(18-10-19-16(13)22-11)17-9-14(21)20(2)12-6-4-3-5-7-12/h3-8,10H,9H2,1-2H3,(H,17,18,19). The van der Waals surface area contributed by atoms with E-state index in [0.717, 1.165) is 15.9 Å². The fourth-order valence-electron chi connectivity index (χ4n) is 2.19. The molecular formula is C16H16N4OS. The van der Waals surface area contributed by atoms with Crippen LogP contribution in [0.4, 0.5) is 11.5 Å². The number of amides is 1. The Hall–Kier alpha value is -2.47. The van der Waals surface area contributed by atoms with Crippen molar-refractivity contribution in [1.82, 2.24) is 9.97 Å². The number of benzene rings is 1. The molecule has 1 N–H and O–H groups in total. The number of carbonyl (C=O) groups excluding carboxylic acids is 1. The predicted octanol–water partition coefficient (Wildman–Crippen LogP) is 3.07. The average Bonchev–Trinajstić information content (AvgIpc) is 2.93. The summed E-state index contributed by atoms with van der Waals surface area (Å²) in [5.41, 5.74) is 0.869. The lowest BCUT2D eigenvalue weighted by atomic mass is 10.3. The van der Waals surface area contributed by atoms with Gasteiger partial charge in [-0.15, -0.1) is 11.3 Å². The topological polar surface area (TPSA) is 58.1 Å². The number of anilines is 2. The molecule has 0 aliphatic rings. The van der Waals surface area contributed by atoms with Gasteiger partial charge >= 0.3 is 0 Å². The normalized spacial score (nSPS) is 10.6. The minimum atomic E-state index is -0.0232. The highest BCUT2D eigenvalue weighted by molar-refractivity contribution is 7.18. The number of nitrogens with zero attached hydrogens (tertiary/aromatic N) is 3. The molecule has 5 nitrogen and oxygen atoms in total. The van der Waals surface area contributed by atoms with Crippen LogP contribution >= 0.6 is 11.3 Å². The van der Waals surface area contributed by atoms with Gasteiger partial charge in [-0.25, -0.2) is 9.97 Å². The maximum Gasteiger partial charge on any atom is 0.246 e. The number of nitrogens with one attached hydrogen (secondary N) is 1. The molecule has 0 saturated heterocycles. The second kappa shape index (κ2) is 6.11. The summed E-state index contributed by atoms with van der Waals surface area (Å²) >= 11 is 1.62. The Morgan fingerprint density at radius 3 is 2.82 bits per heavy atom. The molecule has 2 aromatic heterocycles. The van der Waals surface area contributed by atoms with E-state index in [4.69, 9.17) is 0 Å². The Balaban J connectivity index is 1.72. The van der Waals surface area contributed by atoms with E-state index in [1.54, 1.807) is 23.3 Å². The first kappa shape index (κ1) is 14.5. The molecule has 112 valence electrons. The van der Waals surface area contributed by atoms with E-state index in [0.29, 0.717) is 5.82 Å². The molecule has 0 aliphatic carbocycles. The second-order valence-electron chi connectivity index (χ2n) is 4.94. The minimum Gasteiger partial charge on any atom is -0.360 e. The molecule has 0 spiro atoms. The van der Waals surface area contributed by atoms with Gasteiger partial charge in [-0.2, -0.15) is 0 Å². The predicted molar refractivity (Wildman–Crippen MR) is 90.5 cm³/mol. The summed E-state index contributed by atoms with van der Waals surface area (Å²) < 4.78 is 0. The zero-order chi connectivity index (χ0) is 15.5. The third-order valence-electron chi connectivity index (χ3n) is 3.38. The van der Waals surface area contributed by atoms with Crippen LogP contribution in [0.2, 0.25) is 0 Å². The molecule has 0 unspecified atom stereocenters. The quantitative estimate of drug-likeness (QED) is 0.804. The molecule has 1 amide bonds. The van der Waals surface area contributed by atoms with Crippen LogP contribution in [0, 0.1) is 6.92 Å².